The first-order chi connectivity index (χ1) is 15.0. The summed E-state index contributed by atoms with van der Waals surface area (Å²) in [5.74, 6) is 0.924. The fraction of sp³-hybridized carbons (Fsp3) is 0.500. The van der Waals surface area contributed by atoms with Crippen LogP contribution in [0.3, 0.4) is 0 Å². The molecule has 1 saturated heterocycles. The average molecular weight is 466 g/mol. The van der Waals surface area contributed by atoms with Crippen LogP contribution in [0, 0.1) is 6.92 Å². The Morgan fingerprint density at radius 1 is 1.23 bits per heavy atom. The number of amides is 2. The summed E-state index contributed by atoms with van der Waals surface area (Å²) in [4.78, 5) is 28.2. The van der Waals surface area contributed by atoms with E-state index in [0.29, 0.717) is 50.8 Å². The smallest absolute Gasteiger partial charge is 0.260 e. The largest absolute Gasteiger partial charge is 0.484 e. The van der Waals surface area contributed by atoms with Gasteiger partial charge in [0.15, 0.2) is 10.9 Å². The van der Waals surface area contributed by atoms with E-state index in [-0.39, 0.29) is 18.4 Å². The molecule has 1 fully saturated rings. The lowest BCUT2D eigenvalue weighted by atomic mass is 10.2. The number of piperazine rings is 1. The van der Waals surface area contributed by atoms with Crippen LogP contribution in [0.5, 0.6) is 5.75 Å². The number of hydrogen-bond donors (Lipinski definition) is 1. The molecule has 0 aliphatic carbocycles. The molecule has 1 aliphatic heterocycles. The van der Waals surface area contributed by atoms with Gasteiger partial charge in [0.2, 0.25) is 11.0 Å². The SMILES string of the molecule is COCCNC(=O)CSc1nnc(N2CCN(C(=O)COc3cccc(C)c3)CC2)s1. The van der Waals surface area contributed by atoms with E-state index in [1.807, 2.05) is 36.1 Å². The molecule has 0 atom stereocenters. The highest BCUT2D eigenvalue weighted by Crippen LogP contribution is 2.28. The maximum atomic E-state index is 12.5. The highest BCUT2D eigenvalue weighted by molar-refractivity contribution is 8.01. The summed E-state index contributed by atoms with van der Waals surface area (Å²) < 4.78 is 11.3. The Morgan fingerprint density at radius 2 is 2.03 bits per heavy atom. The van der Waals surface area contributed by atoms with Crippen molar-refractivity contribution in [2.75, 3.05) is 63.7 Å². The highest BCUT2D eigenvalue weighted by atomic mass is 32.2. The first-order valence-corrected chi connectivity index (χ1v) is 11.8. The Labute approximate surface area is 190 Å². The highest BCUT2D eigenvalue weighted by Gasteiger charge is 2.23. The van der Waals surface area contributed by atoms with E-state index in [2.05, 4.69) is 20.4 Å². The summed E-state index contributed by atoms with van der Waals surface area (Å²) >= 11 is 2.83. The van der Waals surface area contributed by atoms with Gasteiger partial charge in [-0.05, 0) is 24.6 Å². The van der Waals surface area contributed by atoms with Crippen LogP contribution in [0.15, 0.2) is 28.6 Å². The van der Waals surface area contributed by atoms with Crippen molar-refractivity contribution in [2.24, 2.45) is 0 Å². The maximum absolute atomic E-state index is 12.5. The lowest BCUT2D eigenvalue weighted by Gasteiger charge is -2.34. The monoisotopic (exact) mass is 465 g/mol. The van der Waals surface area contributed by atoms with E-state index in [1.165, 1.54) is 23.1 Å². The molecule has 0 unspecified atom stereocenters. The third kappa shape index (κ3) is 7.37. The molecule has 31 heavy (non-hydrogen) atoms. The minimum atomic E-state index is -0.0567. The molecule has 0 bridgehead atoms. The van der Waals surface area contributed by atoms with Crippen molar-refractivity contribution in [1.29, 1.82) is 0 Å². The van der Waals surface area contributed by atoms with Crippen LogP contribution in [0.25, 0.3) is 0 Å². The Hall–Kier alpha value is -2.37. The second kappa shape index (κ2) is 11.9. The number of aromatic nitrogens is 2. The van der Waals surface area contributed by atoms with Crippen molar-refractivity contribution in [3.8, 4) is 5.75 Å². The fourth-order valence-corrected chi connectivity index (χ4v) is 4.67. The molecule has 9 nitrogen and oxygen atoms in total. The van der Waals surface area contributed by atoms with Gasteiger partial charge in [-0.3, -0.25) is 9.59 Å². The number of thioether (sulfide) groups is 1. The lowest BCUT2D eigenvalue weighted by Crippen LogP contribution is -2.50. The zero-order valence-electron chi connectivity index (χ0n) is 17.7. The number of ether oxygens (including phenoxy) is 2. The number of carbonyl (C=O) groups is 2. The molecule has 0 radical (unpaired) electrons. The van der Waals surface area contributed by atoms with E-state index < -0.39 is 0 Å². The molecule has 0 spiro atoms. The molecule has 1 N–H and O–H groups in total. The summed E-state index contributed by atoms with van der Waals surface area (Å²) in [5.41, 5.74) is 1.10. The Bertz CT molecular complexity index is 871. The molecule has 168 valence electrons. The molecule has 1 aromatic carbocycles. The van der Waals surface area contributed by atoms with Crippen LogP contribution in [0.2, 0.25) is 0 Å². The Balaban J connectivity index is 1.39. The number of nitrogens with one attached hydrogen (secondary N) is 1. The van der Waals surface area contributed by atoms with Crippen molar-refractivity contribution in [3.63, 3.8) is 0 Å². The lowest BCUT2D eigenvalue weighted by molar-refractivity contribution is -0.133. The van der Waals surface area contributed by atoms with Crippen LogP contribution in [0.1, 0.15) is 5.56 Å². The fourth-order valence-electron chi connectivity index (χ4n) is 2.95. The van der Waals surface area contributed by atoms with Gasteiger partial charge < -0.3 is 24.6 Å². The van der Waals surface area contributed by atoms with Gasteiger partial charge in [0.1, 0.15) is 5.75 Å². The predicted octanol–water partition coefficient (Wildman–Crippen LogP) is 1.43. The number of anilines is 1. The number of methoxy groups -OCH3 is 1. The second-order valence-corrected chi connectivity index (χ2v) is 9.13. The third-order valence-electron chi connectivity index (χ3n) is 4.61. The predicted molar refractivity (Wildman–Crippen MR) is 121 cm³/mol. The first kappa shape index (κ1) is 23.3. The van der Waals surface area contributed by atoms with Gasteiger partial charge in [-0.1, -0.05) is 35.2 Å². The van der Waals surface area contributed by atoms with Crippen molar-refractivity contribution in [3.05, 3.63) is 29.8 Å². The van der Waals surface area contributed by atoms with Crippen LogP contribution in [-0.4, -0.2) is 85.7 Å². The number of rotatable bonds is 10. The summed E-state index contributed by atoms with van der Waals surface area (Å²) in [6, 6.07) is 7.67. The van der Waals surface area contributed by atoms with Gasteiger partial charge in [-0.15, -0.1) is 10.2 Å². The van der Waals surface area contributed by atoms with Crippen LogP contribution in [-0.2, 0) is 14.3 Å². The van der Waals surface area contributed by atoms with Gasteiger partial charge in [-0.2, -0.15) is 0 Å². The topological polar surface area (TPSA) is 96.9 Å². The van der Waals surface area contributed by atoms with Crippen molar-refractivity contribution in [2.45, 2.75) is 11.3 Å². The van der Waals surface area contributed by atoms with E-state index >= 15 is 0 Å². The number of benzene rings is 1. The maximum Gasteiger partial charge on any atom is 0.260 e. The van der Waals surface area contributed by atoms with Crippen LogP contribution in [0.4, 0.5) is 5.13 Å². The van der Waals surface area contributed by atoms with E-state index in [4.69, 9.17) is 9.47 Å². The molecule has 3 rings (SSSR count). The molecule has 0 saturated carbocycles. The molecule has 11 heteroatoms. The van der Waals surface area contributed by atoms with Crippen LogP contribution >= 0.6 is 23.1 Å². The van der Waals surface area contributed by atoms with Crippen molar-refractivity contribution < 1.29 is 19.1 Å². The number of hydrogen-bond acceptors (Lipinski definition) is 9. The summed E-state index contributed by atoms with van der Waals surface area (Å²) in [6.45, 7) is 5.61. The summed E-state index contributed by atoms with van der Waals surface area (Å²) in [5, 5.41) is 12.0. The Kier molecular flexibility index (Phi) is 8.92. The van der Waals surface area contributed by atoms with Gasteiger partial charge >= 0.3 is 0 Å². The zero-order valence-corrected chi connectivity index (χ0v) is 19.3. The van der Waals surface area contributed by atoms with Crippen LogP contribution < -0.4 is 15.0 Å². The zero-order chi connectivity index (χ0) is 22.1. The van der Waals surface area contributed by atoms with Crippen molar-refractivity contribution in [1.82, 2.24) is 20.4 Å². The van der Waals surface area contributed by atoms with E-state index in [0.717, 1.165) is 15.0 Å². The van der Waals surface area contributed by atoms with Gasteiger partial charge in [0, 0.05) is 39.8 Å². The normalized spacial score (nSPS) is 13.9. The molecule has 2 heterocycles. The second-order valence-electron chi connectivity index (χ2n) is 6.95. The number of nitrogens with zero attached hydrogens (tertiary/aromatic N) is 4. The molecule has 1 aliphatic rings. The quantitative estimate of drug-likeness (QED) is 0.416. The Morgan fingerprint density at radius 3 is 2.77 bits per heavy atom. The minimum absolute atomic E-state index is 0.0193. The summed E-state index contributed by atoms with van der Waals surface area (Å²) in [6.07, 6.45) is 0. The molecular formula is C20H27N5O4S2. The van der Waals surface area contributed by atoms with Gasteiger partial charge in [0.25, 0.3) is 5.91 Å². The van der Waals surface area contributed by atoms with E-state index in [1.54, 1.807) is 7.11 Å². The van der Waals surface area contributed by atoms with Gasteiger partial charge in [0.05, 0.1) is 12.4 Å². The summed E-state index contributed by atoms with van der Waals surface area (Å²) in [7, 11) is 1.60. The van der Waals surface area contributed by atoms with E-state index in [9.17, 15) is 9.59 Å². The standard InChI is InChI=1S/C20H27N5O4S2/c1-15-4-3-5-16(12-15)29-13-18(27)24-7-9-25(10-8-24)19-22-23-20(31-19)30-14-17(26)21-6-11-28-2/h3-5,12H,6-11,13-14H2,1-2H3,(H,21,26). The molecule has 1 aromatic heterocycles. The first-order valence-electron chi connectivity index (χ1n) is 9.99. The van der Waals surface area contributed by atoms with Crippen molar-refractivity contribution >= 4 is 40.0 Å². The molecule has 2 amide bonds. The average Bonchev–Trinajstić information content (AvgIpc) is 3.25. The number of carbonyl (C=O) groups excluding carboxylic acids is 2. The molecule has 2 aromatic rings. The number of aryl methyl sites for hydroxylation is 1. The minimum Gasteiger partial charge on any atom is -0.484 e. The third-order valence-corrected chi connectivity index (χ3v) is 6.72. The van der Waals surface area contributed by atoms with Gasteiger partial charge in [-0.25, -0.2) is 0 Å². The molecular weight excluding hydrogens is 438 g/mol.